The van der Waals surface area contributed by atoms with Crippen LogP contribution in [0.15, 0.2) is 24.3 Å². The zero-order valence-corrected chi connectivity index (χ0v) is 11.2. The van der Waals surface area contributed by atoms with E-state index in [1.807, 2.05) is 25.1 Å². The molecule has 0 aliphatic heterocycles. The van der Waals surface area contributed by atoms with Crippen molar-refractivity contribution in [2.24, 2.45) is 11.8 Å². The molecule has 2 nitrogen and oxygen atoms in total. The van der Waals surface area contributed by atoms with Gasteiger partial charge in [0.15, 0.2) is 0 Å². The minimum atomic E-state index is -0.687. The Bertz CT molecular complexity index is 479. The number of carbonyl (C=O) groups is 1. The predicted octanol–water partition coefficient (Wildman–Crippen LogP) is 4.16. The van der Waals surface area contributed by atoms with Crippen molar-refractivity contribution in [2.45, 2.75) is 26.2 Å². The number of allylic oxidation sites excluding steroid dienone is 1. The fourth-order valence-corrected chi connectivity index (χ4v) is 2.41. The van der Waals surface area contributed by atoms with Crippen LogP contribution in [0.5, 0.6) is 0 Å². The summed E-state index contributed by atoms with van der Waals surface area (Å²) in [5.74, 6) is 0.231. The van der Waals surface area contributed by atoms with Gasteiger partial charge in [0.1, 0.15) is 0 Å². The molecule has 2 atom stereocenters. The van der Waals surface area contributed by atoms with Gasteiger partial charge in [0, 0.05) is 11.4 Å². The van der Waals surface area contributed by atoms with E-state index in [2.05, 4.69) is 12.1 Å². The average Bonchev–Trinajstić information content (AvgIpc) is 3.01. The van der Waals surface area contributed by atoms with Gasteiger partial charge in [-0.2, -0.15) is 0 Å². The number of carboxylic acid groups (broad SMARTS) is 1. The highest BCUT2D eigenvalue weighted by atomic mass is 35.5. The Kier molecular flexibility index (Phi) is 4.07. The van der Waals surface area contributed by atoms with Crippen LogP contribution in [0.3, 0.4) is 0 Å². The molecule has 1 saturated carbocycles. The first-order chi connectivity index (χ1) is 8.56. The lowest BCUT2D eigenvalue weighted by molar-refractivity contribution is -0.137. The summed E-state index contributed by atoms with van der Waals surface area (Å²) >= 11 is 6.10. The molecule has 1 aromatic rings. The molecule has 18 heavy (non-hydrogen) atoms. The van der Waals surface area contributed by atoms with E-state index < -0.39 is 5.97 Å². The quantitative estimate of drug-likeness (QED) is 0.867. The third kappa shape index (κ3) is 3.61. The van der Waals surface area contributed by atoms with E-state index in [0.717, 1.165) is 23.4 Å². The van der Waals surface area contributed by atoms with Crippen LogP contribution < -0.4 is 0 Å². The van der Waals surface area contributed by atoms with Crippen molar-refractivity contribution in [3.8, 4) is 0 Å². The van der Waals surface area contributed by atoms with E-state index in [1.165, 1.54) is 5.56 Å². The molecular weight excluding hydrogens is 248 g/mol. The van der Waals surface area contributed by atoms with Gasteiger partial charge < -0.3 is 5.11 Å². The summed E-state index contributed by atoms with van der Waals surface area (Å²) in [6.45, 7) is 2.04. The van der Waals surface area contributed by atoms with Crippen LogP contribution in [0, 0.1) is 18.8 Å². The van der Waals surface area contributed by atoms with E-state index in [-0.39, 0.29) is 0 Å². The Balaban J connectivity index is 1.85. The Morgan fingerprint density at radius 2 is 2.28 bits per heavy atom. The van der Waals surface area contributed by atoms with Crippen molar-refractivity contribution in [3.63, 3.8) is 0 Å². The maximum atomic E-state index is 10.5. The molecule has 1 N–H and O–H groups in total. The largest absolute Gasteiger partial charge is 0.481 e. The lowest BCUT2D eigenvalue weighted by Crippen LogP contribution is -1.96. The third-order valence-corrected chi connectivity index (χ3v) is 3.74. The van der Waals surface area contributed by atoms with Gasteiger partial charge in [0.05, 0.1) is 0 Å². The minimum Gasteiger partial charge on any atom is -0.481 e. The van der Waals surface area contributed by atoms with Gasteiger partial charge in [0.25, 0.3) is 0 Å². The molecule has 0 bridgehead atoms. The first kappa shape index (κ1) is 13.2. The van der Waals surface area contributed by atoms with Crippen LogP contribution in [-0.2, 0) is 4.79 Å². The summed E-state index contributed by atoms with van der Waals surface area (Å²) in [6.07, 6.45) is 6.43. The molecule has 0 radical (unpaired) electrons. The normalized spacial score (nSPS) is 22.3. The molecule has 0 amide bonds. The van der Waals surface area contributed by atoms with Crippen LogP contribution in [-0.4, -0.2) is 11.1 Å². The molecule has 2 rings (SSSR count). The maximum Gasteiger partial charge on any atom is 0.303 e. The van der Waals surface area contributed by atoms with Crippen molar-refractivity contribution in [1.82, 2.24) is 0 Å². The molecule has 3 heteroatoms. The first-order valence-corrected chi connectivity index (χ1v) is 6.58. The molecule has 1 fully saturated rings. The van der Waals surface area contributed by atoms with Gasteiger partial charge >= 0.3 is 5.97 Å². The number of rotatable bonds is 5. The lowest BCUT2D eigenvalue weighted by atomic mass is 10.1. The molecule has 96 valence electrons. The summed E-state index contributed by atoms with van der Waals surface area (Å²) in [4.78, 5) is 10.5. The first-order valence-electron chi connectivity index (χ1n) is 6.20. The second-order valence-corrected chi connectivity index (χ2v) is 5.42. The number of hydrogen-bond acceptors (Lipinski definition) is 1. The van der Waals surface area contributed by atoms with Gasteiger partial charge in [-0.25, -0.2) is 0 Å². The number of aliphatic carboxylic acids is 1. The van der Waals surface area contributed by atoms with E-state index in [1.54, 1.807) is 0 Å². The van der Waals surface area contributed by atoms with Crippen molar-refractivity contribution in [3.05, 3.63) is 40.4 Å². The van der Waals surface area contributed by atoms with Gasteiger partial charge in [-0.3, -0.25) is 4.79 Å². The molecule has 0 saturated heterocycles. The highest BCUT2D eigenvalue weighted by Crippen LogP contribution is 2.44. The molecule has 0 spiro atoms. The fourth-order valence-electron chi connectivity index (χ4n) is 2.23. The van der Waals surface area contributed by atoms with Crippen LogP contribution in [0.4, 0.5) is 0 Å². The molecular formula is C15H17ClO2. The zero-order chi connectivity index (χ0) is 13.1. The monoisotopic (exact) mass is 264 g/mol. The van der Waals surface area contributed by atoms with E-state index in [0.29, 0.717) is 18.3 Å². The maximum absolute atomic E-state index is 10.5. The van der Waals surface area contributed by atoms with Crippen molar-refractivity contribution in [2.75, 3.05) is 0 Å². The summed E-state index contributed by atoms with van der Waals surface area (Å²) in [6, 6.07) is 5.95. The van der Waals surface area contributed by atoms with Gasteiger partial charge in [-0.15, -0.1) is 0 Å². The smallest absolute Gasteiger partial charge is 0.303 e. The number of benzene rings is 1. The molecule has 1 aromatic carbocycles. The molecule has 0 aromatic heterocycles. The number of hydrogen-bond donors (Lipinski definition) is 1. The molecule has 1 aliphatic rings. The SMILES string of the molecule is Cc1ccc(Cl)c(C=CCC2CC2CC(=O)O)c1. The minimum absolute atomic E-state index is 0.309. The van der Waals surface area contributed by atoms with Crippen LogP contribution >= 0.6 is 11.6 Å². The Labute approximate surface area is 112 Å². The summed E-state index contributed by atoms with van der Waals surface area (Å²) in [5.41, 5.74) is 2.22. The van der Waals surface area contributed by atoms with Crippen molar-refractivity contribution >= 4 is 23.6 Å². The Morgan fingerprint density at radius 3 is 3.00 bits per heavy atom. The summed E-state index contributed by atoms with van der Waals surface area (Å²) in [5, 5.41) is 9.44. The van der Waals surface area contributed by atoms with E-state index >= 15 is 0 Å². The number of carboxylic acids is 1. The highest BCUT2D eigenvalue weighted by molar-refractivity contribution is 6.32. The van der Waals surface area contributed by atoms with E-state index in [9.17, 15) is 4.79 Å². The van der Waals surface area contributed by atoms with Gasteiger partial charge in [0.2, 0.25) is 0 Å². The van der Waals surface area contributed by atoms with Gasteiger partial charge in [-0.1, -0.05) is 41.4 Å². The molecule has 2 unspecified atom stereocenters. The van der Waals surface area contributed by atoms with Crippen molar-refractivity contribution < 1.29 is 9.90 Å². The molecule has 1 aliphatic carbocycles. The van der Waals surface area contributed by atoms with Gasteiger partial charge in [-0.05, 0) is 43.2 Å². The highest BCUT2D eigenvalue weighted by Gasteiger charge is 2.37. The number of halogens is 1. The second-order valence-electron chi connectivity index (χ2n) is 5.02. The third-order valence-electron chi connectivity index (χ3n) is 3.39. The van der Waals surface area contributed by atoms with Crippen LogP contribution in [0.25, 0.3) is 6.08 Å². The summed E-state index contributed by atoms with van der Waals surface area (Å²) < 4.78 is 0. The van der Waals surface area contributed by atoms with Crippen LogP contribution in [0.2, 0.25) is 5.02 Å². The Hall–Kier alpha value is -1.28. The summed E-state index contributed by atoms with van der Waals surface area (Å²) in [7, 11) is 0. The molecule has 0 heterocycles. The lowest BCUT2D eigenvalue weighted by Gasteiger charge is -2.00. The van der Waals surface area contributed by atoms with Crippen molar-refractivity contribution in [1.29, 1.82) is 0 Å². The standard InChI is InChI=1S/C15H17ClO2/c1-10-5-6-14(16)12(7-10)4-2-3-11-8-13(11)9-15(17)18/h2,4-7,11,13H,3,8-9H2,1H3,(H,17,18). The topological polar surface area (TPSA) is 37.3 Å². The zero-order valence-electron chi connectivity index (χ0n) is 10.4. The van der Waals surface area contributed by atoms with E-state index in [4.69, 9.17) is 16.7 Å². The predicted molar refractivity (Wildman–Crippen MR) is 73.7 cm³/mol. The average molecular weight is 265 g/mol. The Morgan fingerprint density at radius 1 is 1.50 bits per heavy atom. The fraction of sp³-hybridized carbons (Fsp3) is 0.400. The number of aryl methyl sites for hydroxylation is 1. The van der Waals surface area contributed by atoms with Crippen LogP contribution in [0.1, 0.15) is 30.4 Å². The second kappa shape index (κ2) is 5.57.